The van der Waals surface area contributed by atoms with Crippen molar-refractivity contribution in [2.75, 3.05) is 5.32 Å². The molecule has 2 amide bonds. The van der Waals surface area contributed by atoms with Crippen LogP contribution in [0.5, 0.6) is 0 Å². The topological polar surface area (TPSA) is 61.8 Å². The number of rotatable bonds is 4. The van der Waals surface area contributed by atoms with Gasteiger partial charge in [0.2, 0.25) is 0 Å². The van der Waals surface area contributed by atoms with E-state index in [9.17, 15) is 9.59 Å². The van der Waals surface area contributed by atoms with Gasteiger partial charge < -0.3 is 10.2 Å². The third kappa shape index (κ3) is 3.14. The number of benzene rings is 1. The molecule has 1 aromatic carbocycles. The second-order valence-electron chi connectivity index (χ2n) is 6.74. The van der Waals surface area contributed by atoms with Crippen LogP contribution in [-0.2, 0) is 9.59 Å². The van der Waals surface area contributed by atoms with Gasteiger partial charge in [0.05, 0.1) is 6.42 Å². The van der Waals surface area contributed by atoms with E-state index in [-0.39, 0.29) is 18.2 Å². The number of allylic oxidation sites excluding steroid dienone is 2. The number of nitrogens with one attached hydrogen (secondary N) is 1. The summed E-state index contributed by atoms with van der Waals surface area (Å²) >= 11 is 0. The zero-order valence-corrected chi connectivity index (χ0v) is 14.8. The molecule has 0 fully saturated rings. The Morgan fingerprint density at radius 1 is 1.36 bits per heavy atom. The van der Waals surface area contributed by atoms with Crippen molar-refractivity contribution in [1.29, 1.82) is 0 Å². The SMILES string of the molecule is CCC(C)c1ccccc1NC(=O)C1(C)CC(=O)N=C2C=CC=CN21. The Bertz CT molecular complexity index is 794. The molecule has 2 atom stereocenters. The molecule has 5 heteroatoms. The summed E-state index contributed by atoms with van der Waals surface area (Å²) in [6, 6.07) is 7.83. The predicted octanol–water partition coefficient (Wildman–Crippen LogP) is 3.61. The summed E-state index contributed by atoms with van der Waals surface area (Å²) < 4.78 is 0. The number of nitrogens with zero attached hydrogens (tertiary/aromatic N) is 2. The van der Waals surface area contributed by atoms with Crippen molar-refractivity contribution in [1.82, 2.24) is 4.90 Å². The quantitative estimate of drug-likeness (QED) is 0.913. The van der Waals surface area contributed by atoms with Crippen molar-refractivity contribution in [2.24, 2.45) is 4.99 Å². The molecule has 0 spiro atoms. The molecule has 0 saturated heterocycles. The number of carbonyl (C=O) groups excluding carboxylic acids is 2. The molecule has 130 valence electrons. The van der Waals surface area contributed by atoms with Gasteiger partial charge in [0, 0.05) is 11.9 Å². The van der Waals surface area contributed by atoms with E-state index in [1.165, 1.54) is 0 Å². The Morgan fingerprint density at radius 2 is 2.12 bits per heavy atom. The molecule has 5 nitrogen and oxygen atoms in total. The van der Waals surface area contributed by atoms with Crippen LogP contribution >= 0.6 is 0 Å². The third-order valence-electron chi connectivity index (χ3n) is 4.95. The number of carbonyl (C=O) groups is 2. The highest BCUT2D eigenvalue weighted by Gasteiger charge is 2.45. The number of hydrogen-bond donors (Lipinski definition) is 1. The summed E-state index contributed by atoms with van der Waals surface area (Å²) in [7, 11) is 0. The minimum absolute atomic E-state index is 0.0476. The van der Waals surface area contributed by atoms with E-state index >= 15 is 0 Å². The summed E-state index contributed by atoms with van der Waals surface area (Å²) in [6.07, 6.45) is 8.23. The maximum absolute atomic E-state index is 13.1. The minimum Gasteiger partial charge on any atom is -0.324 e. The van der Waals surface area contributed by atoms with Crippen LogP contribution in [0.4, 0.5) is 5.69 Å². The molecule has 0 bridgehead atoms. The number of amidine groups is 1. The van der Waals surface area contributed by atoms with Gasteiger partial charge in [-0.25, -0.2) is 0 Å². The fourth-order valence-corrected chi connectivity index (χ4v) is 3.20. The molecule has 1 N–H and O–H groups in total. The van der Waals surface area contributed by atoms with Gasteiger partial charge in [-0.1, -0.05) is 38.1 Å². The van der Waals surface area contributed by atoms with Gasteiger partial charge in [0.15, 0.2) is 0 Å². The molecule has 25 heavy (non-hydrogen) atoms. The van der Waals surface area contributed by atoms with Gasteiger partial charge in [0.25, 0.3) is 11.8 Å². The van der Waals surface area contributed by atoms with Crippen LogP contribution in [0.2, 0.25) is 0 Å². The Kier molecular flexibility index (Phi) is 4.57. The number of amides is 2. The van der Waals surface area contributed by atoms with Crippen molar-refractivity contribution in [3.63, 3.8) is 0 Å². The number of aliphatic imine (C=N–C) groups is 1. The first kappa shape index (κ1) is 17.1. The van der Waals surface area contributed by atoms with Crippen molar-refractivity contribution in [2.45, 2.75) is 45.1 Å². The molecule has 0 radical (unpaired) electrons. The first-order valence-corrected chi connectivity index (χ1v) is 8.62. The summed E-state index contributed by atoms with van der Waals surface area (Å²) in [4.78, 5) is 31.0. The van der Waals surface area contributed by atoms with Gasteiger partial charge in [0.1, 0.15) is 11.4 Å². The van der Waals surface area contributed by atoms with Crippen LogP contribution in [-0.4, -0.2) is 28.1 Å². The normalized spacial score (nSPS) is 23.1. The average molecular weight is 337 g/mol. The van der Waals surface area contributed by atoms with Crippen molar-refractivity contribution >= 4 is 23.3 Å². The molecule has 0 aliphatic carbocycles. The Labute approximate surface area is 148 Å². The van der Waals surface area contributed by atoms with Crippen LogP contribution < -0.4 is 5.32 Å². The lowest BCUT2D eigenvalue weighted by molar-refractivity contribution is -0.130. The van der Waals surface area contributed by atoms with Crippen LogP contribution in [0, 0.1) is 0 Å². The van der Waals surface area contributed by atoms with Crippen molar-refractivity contribution in [3.05, 3.63) is 54.3 Å². The summed E-state index contributed by atoms with van der Waals surface area (Å²) in [5.74, 6) is 0.363. The molecular formula is C20H23N3O2. The van der Waals surface area contributed by atoms with E-state index in [1.54, 1.807) is 24.1 Å². The van der Waals surface area contributed by atoms with E-state index in [0.29, 0.717) is 11.8 Å². The molecule has 2 aliphatic heterocycles. The molecule has 0 saturated carbocycles. The minimum atomic E-state index is -1.00. The number of para-hydroxylation sites is 1. The molecule has 2 aliphatic rings. The standard InChI is InChI=1S/C20H23N3O2/c1-4-14(2)15-9-5-6-10-16(15)21-19(25)20(3)13-18(24)22-17-11-7-8-12-23(17)20/h5-12,14H,4,13H2,1-3H3,(H,21,25). The van der Waals surface area contributed by atoms with E-state index in [4.69, 9.17) is 0 Å². The zero-order chi connectivity index (χ0) is 18.0. The van der Waals surface area contributed by atoms with Gasteiger partial charge in [-0.3, -0.25) is 9.59 Å². The predicted molar refractivity (Wildman–Crippen MR) is 99.4 cm³/mol. The second-order valence-corrected chi connectivity index (χ2v) is 6.74. The fraction of sp³-hybridized carbons (Fsp3) is 0.350. The lowest BCUT2D eigenvalue weighted by Gasteiger charge is -2.41. The van der Waals surface area contributed by atoms with Gasteiger partial charge in [-0.2, -0.15) is 4.99 Å². The molecule has 1 aromatic rings. The summed E-state index contributed by atoms with van der Waals surface area (Å²) in [5, 5.41) is 3.04. The molecular weight excluding hydrogens is 314 g/mol. The van der Waals surface area contributed by atoms with Crippen LogP contribution in [0.1, 0.15) is 45.1 Å². The number of anilines is 1. The van der Waals surface area contributed by atoms with E-state index in [2.05, 4.69) is 24.2 Å². The van der Waals surface area contributed by atoms with Gasteiger partial charge in [-0.15, -0.1) is 0 Å². The third-order valence-corrected chi connectivity index (χ3v) is 4.95. The summed E-state index contributed by atoms with van der Waals surface area (Å²) in [6.45, 7) is 6.04. The average Bonchev–Trinajstić information content (AvgIpc) is 2.61. The van der Waals surface area contributed by atoms with Crippen LogP contribution in [0.3, 0.4) is 0 Å². The Morgan fingerprint density at radius 3 is 2.88 bits per heavy atom. The summed E-state index contributed by atoms with van der Waals surface area (Å²) in [5.41, 5.74) is 0.904. The molecule has 0 aromatic heterocycles. The van der Waals surface area contributed by atoms with E-state index < -0.39 is 5.54 Å². The van der Waals surface area contributed by atoms with Crippen LogP contribution in [0.15, 0.2) is 53.7 Å². The van der Waals surface area contributed by atoms with E-state index in [0.717, 1.165) is 17.7 Å². The molecule has 2 heterocycles. The number of hydrogen-bond acceptors (Lipinski definition) is 3. The molecule has 3 rings (SSSR count). The monoisotopic (exact) mass is 337 g/mol. The van der Waals surface area contributed by atoms with E-state index in [1.807, 2.05) is 36.4 Å². The largest absolute Gasteiger partial charge is 0.324 e. The first-order chi connectivity index (χ1) is 12.0. The highest BCUT2D eigenvalue weighted by molar-refractivity contribution is 6.12. The highest BCUT2D eigenvalue weighted by Crippen LogP contribution is 2.31. The smallest absolute Gasteiger partial charge is 0.250 e. The highest BCUT2D eigenvalue weighted by atomic mass is 16.2. The second kappa shape index (κ2) is 6.67. The van der Waals surface area contributed by atoms with Gasteiger partial charge in [-0.05, 0) is 43.0 Å². The first-order valence-electron chi connectivity index (χ1n) is 8.62. The zero-order valence-electron chi connectivity index (χ0n) is 14.8. The lowest BCUT2D eigenvalue weighted by atomic mass is 9.90. The van der Waals surface area contributed by atoms with Crippen molar-refractivity contribution < 1.29 is 9.59 Å². The van der Waals surface area contributed by atoms with Crippen LogP contribution in [0.25, 0.3) is 0 Å². The Hall–Kier alpha value is -2.69. The number of fused-ring (bicyclic) bond motifs is 1. The lowest BCUT2D eigenvalue weighted by Crippen LogP contribution is -2.58. The van der Waals surface area contributed by atoms with Crippen molar-refractivity contribution in [3.8, 4) is 0 Å². The maximum Gasteiger partial charge on any atom is 0.250 e. The Balaban J connectivity index is 1.91. The maximum atomic E-state index is 13.1. The van der Waals surface area contributed by atoms with Gasteiger partial charge >= 0.3 is 0 Å². The molecule has 2 unspecified atom stereocenters. The fourth-order valence-electron chi connectivity index (χ4n) is 3.20.